The van der Waals surface area contributed by atoms with Crippen molar-refractivity contribution in [2.75, 3.05) is 13.6 Å². The summed E-state index contributed by atoms with van der Waals surface area (Å²) >= 11 is 0. The highest BCUT2D eigenvalue weighted by atomic mass is 16.7. The number of aliphatic carboxylic acids is 2. The van der Waals surface area contributed by atoms with E-state index in [0.29, 0.717) is 25.7 Å². The van der Waals surface area contributed by atoms with Crippen LogP contribution >= 0.6 is 0 Å². The van der Waals surface area contributed by atoms with Gasteiger partial charge >= 0.3 is 23.9 Å². The zero-order chi connectivity index (χ0) is 30.0. The molecule has 0 spiro atoms. The molecule has 0 rings (SSSR count). The molecule has 0 fully saturated rings. The molecule has 10 nitrogen and oxygen atoms in total. The molecule has 0 heterocycles. The van der Waals surface area contributed by atoms with Crippen LogP contribution in [0.15, 0.2) is 0 Å². The van der Waals surface area contributed by atoms with Gasteiger partial charge in [-0.05, 0) is 81.1 Å². The van der Waals surface area contributed by atoms with Crippen LogP contribution < -0.4 is 0 Å². The fraction of sp³-hybridized carbons (Fsp3) is 0.846. The minimum atomic E-state index is -0.750. The molecule has 36 heavy (non-hydrogen) atoms. The molecule has 0 atom stereocenters. The number of esters is 2. The third-order valence-corrected chi connectivity index (χ3v) is 6.18. The van der Waals surface area contributed by atoms with Crippen LogP contribution in [0.1, 0.15) is 109 Å². The van der Waals surface area contributed by atoms with Crippen molar-refractivity contribution in [3.05, 3.63) is 0 Å². The third kappa shape index (κ3) is 19.0. The maximum atomic E-state index is 11.6. The first-order valence-electron chi connectivity index (χ1n) is 12.1. The average Bonchev–Trinajstić information content (AvgIpc) is 2.79. The number of aliphatic hydroxyl groups is 2. The summed E-state index contributed by atoms with van der Waals surface area (Å²) < 4.78 is 9.85. The van der Waals surface area contributed by atoms with Crippen LogP contribution in [-0.4, -0.2) is 57.9 Å². The van der Waals surface area contributed by atoms with Gasteiger partial charge in [0, 0.05) is 0 Å². The van der Waals surface area contributed by atoms with Crippen molar-refractivity contribution in [1.82, 2.24) is 0 Å². The molecule has 0 saturated heterocycles. The Kier molecular flexibility index (Phi) is 21.6. The number of hydrogen-bond donors (Lipinski definition) is 4. The summed E-state index contributed by atoms with van der Waals surface area (Å²) in [4.78, 5) is 43.7. The van der Waals surface area contributed by atoms with E-state index in [0.717, 1.165) is 0 Å². The molecule has 0 amide bonds. The fourth-order valence-electron chi connectivity index (χ4n) is 1.12. The molecule has 216 valence electrons. The topological polar surface area (TPSA) is 168 Å². The Morgan fingerprint density at radius 1 is 0.528 bits per heavy atom. The van der Waals surface area contributed by atoms with E-state index in [1.165, 1.54) is 0 Å². The molecule has 0 radical (unpaired) electrons. The van der Waals surface area contributed by atoms with Crippen molar-refractivity contribution in [2.24, 2.45) is 21.7 Å². The number of hydrogen-bond acceptors (Lipinski definition) is 8. The van der Waals surface area contributed by atoms with E-state index in [1.54, 1.807) is 55.4 Å². The van der Waals surface area contributed by atoms with E-state index in [1.807, 2.05) is 27.7 Å². The lowest BCUT2D eigenvalue weighted by Gasteiger charge is -2.22. The van der Waals surface area contributed by atoms with Gasteiger partial charge in [-0.15, -0.1) is 0 Å². The first-order chi connectivity index (χ1) is 16.1. The lowest BCUT2D eigenvalue weighted by molar-refractivity contribution is -0.179. The molecule has 0 unspecified atom stereocenters. The predicted octanol–water partition coefficient (Wildman–Crippen LogP) is 4.85. The first-order valence-corrected chi connectivity index (χ1v) is 12.1. The van der Waals surface area contributed by atoms with Crippen LogP contribution in [0, 0.1) is 21.7 Å². The standard InChI is InChI=1S/C13H24O4.2C6H12O2.CH4O2/c1-7-12(3,4)10(14)16-9-17-11(15)13(5,6)8-2;2*1-4-6(2,3)5(7)8;2-1-3/h7-9H2,1-6H3;2*4H2,1-3H3,(H,7,8);2-3H,1H2. The Morgan fingerprint density at radius 2 is 0.722 bits per heavy atom. The summed E-state index contributed by atoms with van der Waals surface area (Å²) in [5, 5.41) is 31.1. The van der Waals surface area contributed by atoms with Gasteiger partial charge in [0.2, 0.25) is 6.79 Å². The van der Waals surface area contributed by atoms with Crippen molar-refractivity contribution < 1.29 is 49.1 Å². The number of carboxylic acids is 2. The van der Waals surface area contributed by atoms with Crippen molar-refractivity contribution in [3.63, 3.8) is 0 Å². The molecule has 0 aromatic heterocycles. The minimum Gasteiger partial charge on any atom is -0.481 e. The third-order valence-electron chi connectivity index (χ3n) is 6.18. The molecule has 0 aliphatic heterocycles. The van der Waals surface area contributed by atoms with Crippen molar-refractivity contribution in [1.29, 1.82) is 0 Å². The minimum absolute atomic E-state index is 0.301. The van der Waals surface area contributed by atoms with Gasteiger partial charge in [0.1, 0.15) is 6.79 Å². The molecule has 10 heteroatoms. The zero-order valence-corrected chi connectivity index (χ0v) is 24.5. The molecule has 0 aromatic rings. The van der Waals surface area contributed by atoms with Crippen LogP contribution in [0.5, 0.6) is 0 Å². The van der Waals surface area contributed by atoms with E-state index < -0.39 is 40.4 Å². The predicted molar refractivity (Wildman–Crippen MR) is 138 cm³/mol. The number of rotatable bonds is 10. The second-order valence-corrected chi connectivity index (χ2v) is 10.7. The van der Waals surface area contributed by atoms with Crippen LogP contribution in [0.3, 0.4) is 0 Å². The quantitative estimate of drug-likeness (QED) is 0.229. The highest BCUT2D eigenvalue weighted by Crippen LogP contribution is 2.23. The van der Waals surface area contributed by atoms with E-state index in [4.69, 9.17) is 29.9 Å². The zero-order valence-electron chi connectivity index (χ0n) is 24.5. The number of carboxylic acid groups (broad SMARTS) is 2. The Morgan fingerprint density at radius 3 is 0.833 bits per heavy atom. The summed E-state index contributed by atoms with van der Waals surface area (Å²) in [7, 11) is 0. The summed E-state index contributed by atoms with van der Waals surface area (Å²) in [6, 6.07) is 0. The second-order valence-electron chi connectivity index (χ2n) is 10.7. The molecule has 4 N–H and O–H groups in total. The molecular weight excluding hydrogens is 472 g/mol. The van der Waals surface area contributed by atoms with Crippen molar-refractivity contribution in [2.45, 2.75) is 109 Å². The maximum Gasteiger partial charge on any atom is 0.314 e. The van der Waals surface area contributed by atoms with Gasteiger partial charge in [0.15, 0.2) is 0 Å². The first kappa shape index (κ1) is 40.9. The highest BCUT2D eigenvalue weighted by Gasteiger charge is 2.30. The monoisotopic (exact) mass is 524 g/mol. The summed E-state index contributed by atoms with van der Waals surface area (Å²) in [6.07, 6.45) is 2.73. The molecular formula is C26H52O10. The summed E-state index contributed by atoms with van der Waals surface area (Å²) in [5.41, 5.74) is -2.15. The normalized spacial score (nSPS) is 11.3. The van der Waals surface area contributed by atoms with Crippen LogP contribution in [-0.2, 0) is 28.7 Å². The Bertz CT molecular complexity index is 595. The summed E-state index contributed by atoms with van der Waals surface area (Å²) in [5.74, 6) is -2.13. The lowest BCUT2D eigenvalue weighted by atomic mass is 9.91. The lowest BCUT2D eigenvalue weighted by Crippen LogP contribution is -2.30. The maximum absolute atomic E-state index is 11.6. The van der Waals surface area contributed by atoms with Gasteiger partial charge < -0.3 is 29.9 Å². The highest BCUT2D eigenvalue weighted by molar-refractivity contribution is 5.77. The molecule has 0 bridgehead atoms. The SMILES string of the molecule is CCC(C)(C)C(=O)O.CCC(C)(C)C(=O)O.CCC(C)(C)C(=O)OCOC(=O)C(C)(C)CC.OCO. The van der Waals surface area contributed by atoms with E-state index in [9.17, 15) is 19.2 Å². The van der Waals surface area contributed by atoms with Crippen molar-refractivity contribution >= 4 is 23.9 Å². The van der Waals surface area contributed by atoms with Gasteiger partial charge in [-0.2, -0.15) is 0 Å². The van der Waals surface area contributed by atoms with E-state index >= 15 is 0 Å². The van der Waals surface area contributed by atoms with Crippen molar-refractivity contribution in [3.8, 4) is 0 Å². The Hall–Kier alpha value is -2.20. The molecule has 0 aliphatic carbocycles. The smallest absolute Gasteiger partial charge is 0.314 e. The van der Waals surface area contributed by atoms with Gasteiger partial charge in [-0.1, -0.05) is 27.7 Å². The Balaban J connectivity index is -0.000000224. The van der Waals surface area contributed by atoms with Crippen LogP contribution in [0.25, 0.3) is 0 Å². The van der Waals surface area contributed by atoms with Gasteiger partial charge in [-0.25, -0.2) is 0 Å². The number of aliphatic hydroxyl groups excluding tert-OH is 1. The molecule has 0 aromatic carbocycles. The number of carbonyl (C=O) groups is 4. The molecule has 0 aliphatic rings. The van der Waals surface area contributed by atoms with Gasteiger partial charge in [-0.3, -0.25) is 19.2 Å². The molecule has 0 saturated carbocycles. The Labute approximate surface area is 217 Å². The van der Waals surface area contributed by atoms with Gasteiger partial charge in [0.05, 0.1) is 21.7 Å². The number of carbonyl (C=O) groups excluding carboxylic acids is 2. The van der Waals surface area contributed by atoms with Crippen LogP contribution in [0.4, 0.5) is 0 Å². The van der Waals surface area contributed by atoms with Crippen LogP contribution in [0.2, 0.25) is 0 Å². The fourth-order valence-corrected chi connectivity index (χ4v) is 1.12. The summed E-state index contributed by atoms with van der Waals surface area (Å²) in [6.45, 7) is 20.6. The van der Waals surface area contributed by atoms with E-state index in [2.05, 4.69) is 0 Å². The average molecular weight is 525 g/mol. The van der Waals surface area contributed by atoms with E-state index in [-0.39, 0.29) is 18.7 Å². The largest absolute Gasteiger partial charge is 0.481 e. The number of ether oxygens (including phenoxy) is 2. The second kappa shape index (κ2) is 19.0. The van der Waals surface area contributed by atoms with Gasteiger partial charge in [0.25, 0.3) is 0 Å².